The highest BCUT2D eigenvalue weighted by atomic mass is 35.5. The van der Waals surface area contributed by atoms with Crippen molar-refractivity contribution in [1.29, 1.82) is 0 Å². The first-order chi connectivity index (χ1) is 11.0. The number of nitrogens with zero attached hydrogens (tertiary/aromatic N) is 2. The molecule has 24 heavy (non-hydrogen) atoms. The van der Waals surface area contributed by atoms with Crippen LogP contribution in [0.4, 0.5) is 13.2 Å². The molecule has 12 heteroatoms. The molecular weight excluding hydrogens is 394 g/mol. The summed E-state index contributed by atoms with van der Waals surface area (Å²) in [5, 5.41) is 9.61. The summed E-state index contributed by atoms with van der Waals surface area (Å²) in [4.78, 5) is 5.76. The number of aromatic hydroxyl groups is 1. The van der Waals surface area contributed by atoms with Crippen LogP contribution in [0.15, 0.2) is 29.3 Å². The van der Waals surface area contributed by atoms with Gasteiger partial charge >= 0.3 is 6.18 Å². The van der Waals surface area contributed by atoms with Crippen molar-refractivity contribution >= 4 is 33.2 Å². The molecule has 0 radical (unpaired) electrons. The minimum absolute atomic E-state index is 0.0621. The van der Waals surface area contributed by atoms with E-state index in [-0.39, 0.29) is 14.9 Å². The first-order valence-electron chi connectivity index (χ1n) is 6.07. The number of nitrogens with one attached hydrogen (secondary N) is 1. The van der Waals surface area contributed by atoms with Crippen LogP contribution in [0, 0.1) is 0 Å². The maximum atomic E-state index is 12.6. The van der Waals surface area contributed by atoms with Gasteiger partial charge in [0.25, 0.3) is 0 Å². The van der Waals surface area contributed by atoms with Gasteiger partial charge in [-0.15, -0.1) is 0 Å². The first kappa shape index (κ1) is 18.7. The Balaban J connectivity index is 2.27. The van der Waals surface area contributed by atoms with E-state index in [1.54, 1.807) is 0 Å². The Bertz CT molecular complexity index is 855. The van der Waals surface area contributed by atoms with Gasteiger partial charge in [0.1, 0.15) is 5.69 Å². The summed E-state index contributed by atoms with van der Waals surface area (Å²) >= 11 is 11.4. The zero-order chi connectivity index (χ0) is 18.1. The molecule has 0 spiro atoms. The van der Waals surface area contributed by atoms with Crippen LogP contribution < -0.4 is 4.72 Å². The van der Waals surface area contributed by atoms with Gasteiger partial charge < -0.3 is 5.11 Å². The predicted molar refractivity (Wildman–Crippen MR) is 79.2 cm³/mol. The molecule has 1 heterocycles. The molecule has 6 nitrogen and oxygen atoms in total. The lowest BCUT2D eigenvalue weighted by Crippen LogP contribution is -2.24. The first-order valence-corrected chi connectivity index (χ1v) is 8.31. The number of hydrogen-bond donors (Lipinski definition) is 2. The number of rotatable bonds is 4. The van der Waals surface area contributed by atoms with Gasteiger partial charge in [-0.05, 0) is 18.2 Å². The van der Waals surface area contributed by atoms with E-state index < -0.39 is 40.0 Å². The molecule has 2 N–H and O–H groups in total. The molecule has 0 aliphatic heterocycles. The number of alkyl halides is 3. The van der Waals surface area contributed by atoms with Crippen LogP contribution in [0.2, 0.25) is 10.0 Å². The van der Waals surface area contributed by atoms with E-state index in [0.29, 0.717) is 6.20 Å². The maximum Gasteiger partial charge on any atom is 0.451 e. The molecule has 0 fully saturated rings. The summed E-state index contributed by atoms with van der Waals surface area (Å²) in [7, 11) is -4.14. The lowest BCUT2D eigenvalue weighted by molar-refractivity contribution is -0.145. The average Bonchev–Trinajstić information content (AvgIpc) is 2.44. The van der Waals surface area contributed by atoms with Gasteiger partial charge in [-0.3, -0.25) is 0 Å². The van der Waals surface area contributed by atoms with Crippen molar-refractivity contribution < 1.29 is 26.7 Å². The Morgan fingerprint density at radius 2 is 1.75 bits per heavy atom. The Morgan fingerprint density at radius 1 is 1.17 bits per heavy atom. The highest BCUT2D eigenvalue weighted by Gasteiger charge is 2.35. The van der Waals surface area contributed by atoms with Gasteiger partial charge in [0, 0.05) is 10.0 Å². The number of sulfonamides is 1. The summed E-state index contributed by atoms with van der Waals surface area (Å²) in [5.41, 5.74) is -0.533. The summed E-state index contributed by atoms with van der Waals surface area (Å²) in [6.07, 6.45) is -4.29. The standard InChI is InChI=1S/C12H8Cl2F3N3O3S/c13-6-1-7(14)3-8(2-6)24(22,23)19-4-9-10(21)5-18-11(20-9)12(15,16)17/h1-3,5,19,21H,4H2. The molecule has 0 amide bonds. The second-order valence-corrected chi connectivity index (χ2v) is 7.09. The lowest BCUT2D eigenvalue weighted by atomic mass is 10.3. The van der Waals surface area contributed by atoms with E-state index in [1.165, 1.54) is 6.07 Å². The van der Waals surface area contributed by atoms with Crippen molar-refractivity contribution in [2.75, 3.05) is 0 Å². The van der Waals surface area contributed by atoms with Gasteiger partial charge in [0.15, 0.2) is 5.75 Å². The van der Waals surface area contributed by atoms with Crippen LogP contribution in [0.25, 0.3) is 0 Å². The Morgan fingerprint density at radius 3 is 2.29 bits per heavy atom. The quantitative estimate of drug-likeness (QED) is 0.821. The molecule has 0 aliphatic carbocycles. The lowest BCUT2D eigenvalue weighted by Gasteiger charge is -2.10. The van der Waals surface area contributed by atoms with Crippen molar-refractivity contribution in [2.24, 2.45) is 0 Å². The molecule has 130 valence electrons. The summed E-state index contributed by atoms with van der Waals surface area (Å²) in [5.74, 6) is -2.19. The van der Waals surface area contributed by atoms with E-state index in [2.05, 4.69) is 9.97 Å². The number of hydrogen-bond acceptors (Lipinski definition) is 5. The SMILES string of the molecule is O=S(=O)(NCc1nc(C(F)(F)F)ncc1O)c1cc(Cl)cc(Cl)c1. The van der Waals surface area contributed by atoms with Crippen molar-refractivity contribution in [2.45, 2.75) is 17.6 Å². The molecule has 0 unspecified atom stereocenters. The Hall–Kier alpha value is -1.62. The topological polar surface area (TPSA) is 92.2 Å². The van der Waals surface area contributed by atoms with Gasteiger partial charge in [-0.2, -0.15) is 13.2 Å². The largest absolute Gasteiger partial charge is 0.504 e. The fraction of sp³-hybridized carbons (Fsp3) is 0.167. The molecule has 2 aromatic rings. The van der Waals surface area contributed by atoms with E-state index >= 15 is 0 Å². The minimum Gasteiger partial charge on any atom is -0.504 e. The second-order valence-electron chi connectivity index (χ2n) is 4.45. The zero-order valence-electron chi connectivity index (χ0n) is 11.5. The fourth-order valence-corrected chi connectivity index (χ4v) is 3.32. The molecule has 0 atom stereocenters. The maximum absolute atomic E-state index is 12.6. The van der Waals surface area contributed by atoms with Crippen molar-refractivity contribution in [1.82, 2.24) is 14.7 Å². The highest BCUT2D eigenvalue weighted by molar-refractivity contribution is 7.89. The molecule has 0 aliphatic rings. The van der Waals surface area contributed by atoms with E-state index in [4.69, 9.17) is 23.2 Å². The molecule has 1 aromatic carbocycles. The van der Waals surface area contributed by atoms with Gasteiger partial charge in [-0.25, -0.2) is 23.1 Å². The normalized spacial score (nSPS) is 12.4. The van der Waals surface area contributed by atoms with Crippen molar-refractivity contribution in [3.8, 4) is 5.75 Å². The van der Waals surface area contributed by atoms with Crippen LogP contribution in [-0.4, -0.2) is 23.5 Å². The molecule has 0 saturated carbocycles. The van der Waals surface area contributed by atoms with E-state index in [1.807, 2.05) is 4.72 Å². The minimum atomic E-state index is -4.83. The highest BCUT2D eigenvalue weighted by Crippen LogP contribution is 2.28. The Labute approximate surface area is 144 Å². The van der Waals surface area contributed by atoms with Crippen LogP contribution >= 0.6 is 23.2 Å². The van der Waals surface area contributed by atoms with Crippen LogP contribution in [-0.2, 0) is 22.7 Å². The number of halogens is 5. The molecular formula is C12H8Cl2F3N3O3S. The number of aromatic nitrogens is 2. The fourth-order valence-electron chi connectivity index (χ4n) is 1.61. The Kier molecular flexibility index (Phi) is 5.23. The molecule has 1 aromatic heterocycles. The monoisotopic (exact) mass is 401 g/mol. The van der Waals surface area contributed by atoms with E-state index in [9.17, 15) is 26.7 Å². The van der Waals surface area contributed by atoms with Crippen LogP contribution in [0.5, 0.6) is 5.75 Å². The van der Waals surface area contributed by atoms with Gasteiger partial charge in [0.2, 0.25) is 15.8 Å². The number of benzene rings is 1. The van der Waals surface area contributed by atoms with Crippen LogP contribution in [0.1, 0.15) is 11.5 Å². The smallest absolute Gasteiger partial charge is 0.451 e. The molecule has 2 rings (SSSR count). The second kappa shape index (κ2) is 6.71. The zero-order valence-corrected chi connectivity index (χ0v) is 13.8. The predicted octanol–water partition coefficient (Wildman–Crippen LogP) is 2.99. The van der Waals surface area contributed by atoms with E-state index in [0.717, 1.165) is 12.1 Å². The summed E-state index contributed by atoms with van der Waals surface area (Å²) < 4.78 is 63.9. The molecule has 0 saturated heterocycles. The van der Waals surface area contributed by atoms with Crippen LogP contribution in [0.3, 0.4) is 0 Å². The van der Waals surface area contributed by atoms with Crippen molar-refractivity contribution in [3.63, 3.8) is 0 Å². The molecule has 0 bridgehead atoms. The third-order valence-corrected chi connectivity index (χ3v) is 4.49. The third kappa shape index (κ3) is 4.47. The average molecular weight is 402 g/mol. The van der Waals surface area contributed by atoms with Gasteiger partial charge in [-0.1, -0.05) is 23.2 Å². The van der Waals surface area contributed by atoms with Gasteiger partial charge in [0.05, 0.1) is 17.6 Å². The summed E-state index contributed by atoms with van der Waals surface area (Å²) in [6.45, 7) is -0.691. The van der Waals surface area contributed by atoms with Crippen molar-refractivity contribution in [3.05, 3.63) is 46.0 Å². The summed E-state index contributed by atoms with van der Waals surface area (Å²) in [6, 6.07) is 3.53. The third-order valence-electron chi connectivity index (χ3n) is 2.68.